The second kappa shape index (κ2) is 3.28. The van der Waals surface area contributed by atoms with Crippen LogP contribution in [0.4, 0.5) is 0 Å². The molecule has 0 aliphatic carbocycles. The second-order valence-electron chi connectivity index (χ2n) is 4.02. The molecule has 0 unspecified atom stereocenters. The third kappa shape index (κ3) is 2.37. The molecule has 0 bridgehead atoms. The van der Waals surface area contributed by atoms with Crippen LogP contribution in [0.25, 0.3) is 0 Å². The highest BCUT2D eigenvalue weighted by atomic mass is 16.1. The van der Waals surface area contributed by atoms with Crippen LogP contribution in [0.2, 0.25) is 0 Å². The van der Waals surface area contributed by atoms with Crippen LogP contribution in [0, 0.1) is 0 Å². The Balaban J connectivity index is 3.13. The minimum Gasteiger partial charge on any atom is -0.364 e. The van der Waals surface area contributed by atoms with E-state index in [-0.39, 0.29) is 5.11 Å². The zero-order valence-electron chi connectivity index (χ0n) is 8.16. The maximum Gasteiger partial charge on any atom is 0.267 e. The lowest BCUT2D eigenvalue weighted by molar-refractivity contribution is 0.0995. The average molecular weight is 172 g/mol. The monoisotopic (exact) mass is 172 g/mol. The molecule has 0 saturated heterocycles. The summed E-state index contributed by atoms with van der Waals surface area (Å²) in [6, 6.07) is 5.32. The molecule has 1 heterocycles. The van der Waals surface area contributed by atoms with Gasteiger partial charge in [-0.2, -0.15) is 0 Å². The molecule has 64 valence electrons. The average Bonchev–Trinajstić information content (AvgIpc) is 2.03. The van der Waals surface area contributed by atoms with Crippen molar-refractivity contribution in [3.63, 3.8) is 0 Å². The number of carbonyl (C=O) groups excluding carboxylic acids is 1. The van der Waals surface area contributed by atoms with Crippen LogP contribution in [-0.4, -0.2) is 34.4 Å². The van der Waals surface area contributed by atoms with Gasteiger partial charge in [0, 0.05) is 5.69 Å². The lowest BCUT2D eigenvalue weighted by Gasteiger charge is -2.17. The molecule has 6 heteroatoms. The van der Waals surface area contributed by atoms with E-state index in [1.807, 2.05) is 29.6 Å². The third-order valence-electron chi connectivity index (χ3n) is 1.77. The molecule has 2 N–H and O–H groups in total. The Kier molecular flexibility index (Phi) is 2.50. The minimum atomic E-state index is -0.480. The standard InChI is InChI=1S/C7H11B3N2O/c8-7(9,10)5-3-1-2-4(12-5)6(11)13/h1-3H,8-10H2,(H2,11,13). The number of carbonyl (C=O) groups is 1. The molecule has 1 aromatic rings. The molecular formula is C7H11B3N2O. The number of rotatable bonds is 2. The number of primary amides is 1. The largest absolute Gasteiger partial charge is 0.364 e. The van der Waals surface area contributed by atoms with Gasteiger partial charge in [0.2, 0.25) is 0 Å². The van der Waals surface area contributed by atoms with Gasteiger partial charge in [-0.3, -0.25) is 4.79 Å². The smallest absolute Gasteiger partial charge is 0.267 e. The molecule has 0 aromatic carbocycles. The van der Waals surface area contributed by atoms with E-state index in [0.717, 1.165) is 5.69 Å². The topological polar surface area (TPSA) is 56.0 Å². The first-order chi connectivity index (χ1) is 5.91. The number of hydrogen-bond donors (Lipinski definition) is 1. The summed E-state index contributed by atoms with van der Waals surface area (Å²) in [6.07, 6.45) is 0. The van der Waals surface area contributed by atoms with E-state index < -0.39 is 5.91 Å². The van der Waals surface area contributed by atoms with Crippen LogP contribution >= 0.6 is 0 Å². The lowest BCUT2D eigenvalue weighted by atomic mass is 9.41. The number of pyridine rings is 1. The summed E-state index contributed by atoms with van der Waals surface area (Å²) < 4.78 is 0. The molecule has 0 fully saturated rings. The van der Waals surface area contributed by atoms with Gasteiger partial charge in [0.1, 0.15) is 5.69 Å². The second-order valence-corrected chi connectivity index (χ2v) is 4.02. The van der Waals surface area contributed by atoms with Crippen molar-refractivity contribution in [3.05, 3.63) is 29.6 Å². The van der Waals surface area contributed by atoms with Crippen molar-refractivity contribution >= 4 is 29.4 Å². The van der Waals surface area contributed by atoms with Crippen LogP contribution in [0.5, 0.6) is 0 Å². The fourth-order valence-corrected chi connectivity index (χ4v) is 0.990. The molecule has 0 radical (unpaired) electrons. The molecule has 3 nitrogen and oxygen atoms in total. The Bertz CT molecular complexity index is 335. The summed E-state index contributed by atoms with van der Waals surface area (Å²) in [5.41, 5.74) is 6.33. The van der Waals surface area contributed by atoms with Crippen molar-refractivity contribution < 1.29 is 4.79 Å². The van der Waals surface area contributed by atoms with Gasteiger partial charge in [-0.05, 0) is 12.1 Å². The van der Waals surface area contributed by atoms with Gasteiger partial charge in [0.05, 0.1) is 23.5 Å². The Morgan fingerprint density at radius 2 is 2.00 bits per heavy atom. The Labute approximate surface area is 80.3 Å². The fourth-order valence-electron chi connectivity index (χ4n) is 0.990. The molecule has 0 atom stereocenters. The van der Waals surface area contributed by atoms with Crippen molar-refractivity contribution in [2.75, 3.05) is 0 Å². The third-order valence-corrected chi connectivity index (χ3v) is 1.77. The highest BCUT2D eigenvalue weighted by molar-refractivity contribution is 6.58. The van der Waals surface area contributed by atoms with Gasteiger partial charge in [0.25, 0.3) is 5.91 Å². The quantitative estimate of drug-likeness (QED) is 0.489. The molecule has 0 saturated carbocycles. The Morgan fingerprint density at radius 3 is 2.46 bits per heavy atom. The number of aromatic nitrogens is 1. The maximum absolute atomic E-state index is 10.8. The maximum atomic E-state index is 10.8. The van der Waals surface area contributed by atoms with E-state index in [2.05, 4.69) is 4.98 Å². The molecule has 0 aliphatic heterocycles. The van der Waals surface area contributed by atoms with Gasteiger partial charge in [0.15, 0.2) is 0 Å². The van der Waals surface area contributed by atoms with Gasteiger partial charge in [-0.25, -0.2) is 4.98 Å². The van der Waals surface area contributed by atoms with E-state index in [0.29, 0.717) is 5.69 Å². The summed E-state index contributed by atoms with van der Waals surface area (Å²) in [4.78, 5) is 15.0. The first-order valence-electron chi connectivity index (χ1n) is 4.18. The zero-order chi connectivity index (χ0) is 10.1. The number of amides is 1. The highest BCUT2D eigenvalue weighted by Crippen LogP contribution is 2.10. The van der Waals surface area contributed by atoms with E-state index in [4.69, 9.17) is 5.73 Å². The summed E-state index contributed by atoms with van der Waals surface area (Å²) in [5.74, 6) is -0.480. The summed E-state index contributed by atoms with van der Waals surface area (Å²) >= 11 is 0. The van der Waals surface area contributed by atoms with Crippen molar-refractivity contribution in [3.8, 4) is 0 Å². The predicted molar refractivity (Wildman–Crippen MR) is 60.1 cm³/mol. The molecule has 13 heavy (non-hydrogen) atoms. The summed E-state index contributed by atoms with van der Waals surface area (Å²) in [6.45, 7) is 0. The first kappa shape index (κ1) is 9.90. The van der Waals surface area contributed by atoms with E-state index in [1.54, 1.807) is 12.1 Å². The van der Waals surface area contributed by atoms with Gasteiger partial charge in [-0.1, -0.05) is 11.2 Å². The molecule has 0 aliphatic rings. The minimum absolute atomic E-state index is 0.0501. The first-order valence-corrected chi connectivity index (χ1v) is 4.18. The van der Waals surface area contributed by atoms with Crippen molar-refractivity contribution in [2.24, 2.45) is 5.73 Å². The number of hydrogen-bond acceptors (Lipinski definition) is 2. The van der Waals surface area contributed by atoms with Crippen molar-refractivity contribution in [1.29, 1.82) is 0 Å². The lowest BCUT2D eigenvalue weighted by Crippen LogP contribution is -2.29. The van der Waals surface area contributed by atoms with E-state index in [1.165, 1.54) is 0 Å². The zero-order valence-corrected chi connectivity index (χ0v) is 8.16. The molecule has 0 spiro atoms. The fraction of sp³-hybridized carbons (Fsp3) is 0.143. The van der Waals surface area contributed by atoms with Crippen LogP contribution in [0.1, 0.15) is 16.2 Å². The summed E-state index contributed by atoms with van der Waals surface area (Å²) in [7, 11) is 6.13. The molecule has 1 aromatic heterocycles. The van der Waals surface area contributed by atoms with Crippen LogP contribution in [-0.2, 0) is 5.11 Å². The van der Waals surface area contributed by atoms with Crippen LogP contribution < -0.4 is 5.73 Å². The van der Waals surface area contributed by atoms with Gasteiger partial charge >= 0.3 is 0 Å². The van der Waals surface area contributed by atoms with Gasteiger partial charge in [-0.15, -0.1) is 0 Å². The van der Waals surface area contributed by atoms with Crippen LogP contribution in [0.3, 0.4) is 0 Å². The Hall–Kier alpha value is -1.19. The van der Waals surface area contributed by atoms with Crippen molar-refractivity contribution in [1.82, 2.24) is 4.98 Å². The van der Waals surface area contributed by atoms with Crippen LogP contribution in [0.15, 0.2) is 18.2 Å². The predicted octanol–water partition coefficient (Wildman–Crippen LogP) is -2.81. The highest BCUT2D eigenvalue weighted by Gasteiger charge is 2.16. The molecular weight excluding hydrogens is 161 g/mol. The normalized spacial score (nSPS) is 11.1. The molecule has 1 amide bonds. The van der Waals surface area contributed by atoms with E-state index in [9.17, 15) is 4.79 Å². The number of nitrogens with two attached hydrogens (primary N) is 1. The van der Waals surface area contributed by atoms with Crippen molar-refractivity contribution in [2.45, 2.75) is 5.11 Å². The Morgan fingerprint density at radius 1 is 1.38 bits per heavy atom. The molecule has 1 rings (SSSR count). The van der Waals surface area contributed by atoms with E-state index >= 15 is 0 Å². The SMILES string of the molecule is BC(B)(B)c1cccc(C(N)=O)n1. The summed E-state index contributed by atoms with van der Waals surface area (Å²) in [5, 5.41) is -0.0501. The number of nitrogens with zero attached hydrogens (tertiary/aromatic N) is 1. The van der Waals surface area contributed by atoms with Gasteiger partial charge < -0.3 is 5.73 Å².